The van der Waals surface area contributed by atoms with E-state index in [4.69, 9.17) is 0 Å². The monoisotopic (exact) mass is 445 g/mol. The van der Waals surface area contributed by atoms with Gasteiger partial charge in [0, 0.05) is 44.6 Å². The molecule has 2 aromatic carbocycles. The van der Waals surface area contributed by atoms with E-state index in [2.05, 4.69) is 10.6 Å². The van der Waals surface area contributed by atoms with Gasteiger partial charge in [-0.2, -0.15) is 0 Å². The molecular formula is C22H27N3O5S. The van der Waals surface area contributed by atoms with Crippen molar-refractivity contribution in [3.8, 4) is 11.1 Å². The van der Waals surface area contributed by atoms with Crippen molar-refractivity contribution in [1.82, 2.24) is 15.5 Å². The molecule has 9 heteroatoms. The first-order valence-electron chi connectivity index (χ1n) is 10.1. The third-order valence-corrected chi connectivity index (χ3v) is 6.34. The number of nitrogens with one attached hydrogen (secondary N) is 2. The van der Waals surface area contributed by atoms with Gasteiger partial charge in [0.05, 0.1) is 4.90 Å². The maximum Gasteiger partial charge on any atom is 0.251 e. The molecule has 3 N–H and O–H groups in total. The van der Waals surface area contributed by atoms with Crippen LogP contribution in [0, 0.1) is 0 Å². The fourth-order valence-electron chi connectivity index (χ4n) is 3.44. The number of piperazine rings is 1. The predicted molar refractivity (Wildman–Crippen MR) is 117 cm³/mol. The van der Waals surface area contributed by atoms with Gasteiger partial charge in [-0.15, -0.1) is 0 Å². The Labute approximate surface area is 182 Å². The van der Waals surface area contributed by atoms with Gasteiger partial charge in [0.2, 0.25) is 5.91 Å². The van der Waals surface area contributed by atoms with Crippen molar-refractivity contribution in [3.63, 3.8) is 0 Å². The lowest BCUT2D eigenvalue weighted by atomic mass is 10.0. The molecule has 1 atom stereocenters. The molecule has 1 fully saturated rings. The van der Waals surface area contributed by atoms with Crippen LogP contribution < -0.4 is 10.6 Å². The lowest BCUT2D eigenvalue weighted by Crippen LogP contribution is -2.54. The molecule has 0 aliphatic carbocycles. The van der Waals surface area contributed by atoms with Crippen molar-refractivity contribution in [2.75, 3.05) is 39.0 Å². The summed E-state index contributed by atoms with van der Waals surface area (Å²) >= 11 is 0. The Kier molecular flexibility index (Phi) is 7.42. The number of benzene rings is 2. The number of amides is 2. The van der Waals surface area contributed by atoms with E-state index >= 15 is 0 Å². The van der Waals surface area contributed by atoms with Gasteiger partial charge in [0.15, 0.2) is 9.84 Å². The fourth-order valence-corrected chi connectivity index (χ4v) is 4.07. The maximum atomic E-state index is 12.7. The fraction of sp³-hybridized carbons (Fsp3) is 0.364. The van der Waals surface area contributed by atoms with Gasteiger partial charge in [-0.25, -0.2) is 8.42 Å². The van der Waals surface area contributed by atoms with Crippen molar-refractivity contribution in [2.24, 2.45) is 0 Å². The normalized spacial score (nSPS) is 15.4. The molecule has 1 heterocycles. The van der Waals surface area contributed by atoms with Crippen molar-refractivity contribution in [1.29, 1.82) is 0 Å². The summed E-state index contributed by atoms with van der Waals surface area (Å²) in [4.78, 5) is 27.3. The van der Waals surface area contributed by atoms with E-state index in [1.54, 1.807) is 53.4 Å². The van der Waals surface area contributed by atoms with Gasteiger partial charge in [-0.05, 0) is 41.8 Å². The summed E-state index contributed by atoms with van der Waals surface area (Å²) in [5.41, 5.74) is 2.05. The molecule has 1 aliphatic heterocycles. The molecule has 0 radical (unpaired) electrons. The van der Waals surface area contributed by atoms with Crippen LogP contribution in [0.3, 0.4) is 0 Å². The first-order valence-corrected chi connectivity index (χ1v) is 12.0. The molecule has 0 aromatic heterocycles. The summed E-state index contributed by atoms with van der Waals surface area (Å²) in [5.74, 6) is -0.576. The van der Waals surface area contributed by atoms with Gasteiger partial charge >= 0.3 is 0 Å². The molecule has 166 valence electrons. The van der Waals surface area contributed by atoms with Gasteiger partial charge in [-0.1, -0.05) is 24.3 Å². The van der Waals surface area contributed by atoms with E-state index in [9.17, 15) is 23.1 Å². The summed E-state index contributed by atoms with van der Waals surface area (Å²) in [6.07, 6.45) is 1.31. The Balaban J connectivity index is 1.69. The van der Waals surface area contributed by atoms with Crippen LogP contribution in [0.4, 0.5) is 0 Å². The molecule has 3 rings (SSSR count). The second-order valence-corrected chi connectivity index (χ2v) is 9.50. The molecule has 8 nitrogen and oxygen atoms in total. The largest absolute Gasteiger partial charge is 0.396 e. The first-order chi connectivity index (χ1) is 14.8. The second-order valence-electron chi connectivity index (χ2n) is 7.49. The smallest absolute Gasteiger partial charge is 0.251 e. The SMILES string of the molecule is CS(=O)(=O)c1ccc(-c2ccc(C(=O)N[C@@H](CCO)C(=O)N3CCNCC3)cc2)cc1. The van der Waals surface area contributed by atoms with E-state index in [-0.39, 0.29) is 29.7 Å². The zero-order chi connectivity index (χ0) is 22.4. The number of carbonyl (C=O) groups is 2. The Bertz CT molecular complexity index is 1010. The van der Waals surface area contributed by atoms with Crippen molar-refractivity contribution in [3.05, 3.63) is 54.1 Å². The minimum Gasteiger partial charge on any atom is -0.396 e. The summed E-state index contributed by atoms with van der Waals surface area (Å²) in [6, 6.07) is 12.6. The highest BCUT2D eigenvalue weighted by molar-refractivity contribution is 7.90. The number of hydrogen-bond donors (Lipinski definition) is 3. The van der Waals surface area contributed by atoms with E-state index in [1.807, 2.05) is 0 Å². The molecule has 0 spiro atoms. The van der Waals surface area contributed by atoms with E-state index in [0.717, 1.165) is 17.4 Å². The number of aliphatic hydroxyl groups excluding tert-OH is 1. The molecule has 0 bridgehead atoms. The highest BCUT2D eigenvalue weighted by Gasteiger charge is 2.26. The molecule has 1 aliphatic rings. The summed E-state index contributed by atoms with van der Waals surface area (Å²) in [5, 5.41) is 15.2. The third kappa shape index (κ3) is 5.90. The third-order valence-electron chi connectivity index (χ3n) is 5.21. The number of nitrogens with zero attached hydrogens (tertiary/aromatic N) is 1. The number of rotatable bonds is 7. The molecular weight excluding hydrogens is 418 g/mol. The van der Waals surface area contributed by atoms with E-state index in [1.165, 1.54) is 0 Å². The van der Waals surface area contributed by atoms with Crippen molar-refractivity contribution >= 4 is 21.7 Å². The lowest BCUT2D eigenvalue weighted by molar-refractivity contribution is -0.134. The van der Waals surface area contributed by atoms with Crippen LogP contribution >= 0.6 is 0 Å². The average Bonchev–Trinajstić information content (AvgIpc) is 2.78. The molecule has 0 saturated carbocycles. The summed E-state index contributed by atoms with van der Waals surface area (Å²) < 4.78 is 23.2. The summed E-state index contributed by atoms with van der Waals surface area (Å²) in [7, 11) is -3.26. The zero-order valence-electron chi connectivity index (χ0n) is 17.4. The zero-order valence-corrected chi connectivity index (χ0v) is 18.2. The Hall–Kier alpha value is -2.75. The standard InChI is InChI=1S/C22H27N3O5S/c1-31(29,30)19-8-6-17(7-9-19)16-2-4-18(5-3-16)21(27)24-20(10-15-26)22(28)25-13-11-23-12-14-25/h2-9,20,23,26H,10-15H2,1H3,(H,24,27)/t20-/m0/s1. The number of carbonyl (C=O) groups excluding carboxylic acids is 2. The highest BCUT2D eigenvalue weighted by atomic mass is 32.2. The minimum atomic E-state index is -3.26. The molecule has 2 amide bonds. The molecule has 0 unspecified atom stereocenters. The predicted octanol–water partition coefficient (Wildman–Crippen LogP) is 0.670. The van der Waals surface area contributed by atoms with Crippen LogP contribution in [0.2, 0.25) is 0 Å². The average molecular weight is 446 g/mol. The van der Waals surface area contributed by atoms with E-state index in [0.29, 0.717) is 31.7 Å². The van der Waals surface area contributed by atoms with Crippen LogP contribution in [-0.4, -0.2) is 75.3 Å². The van der Waals surface area contributed by atoms with E-state index < -0.39 is 15.9 Å². The van der Waals surface area contributed by atoms with Gasteiger partial charge in [0.25, 0.3) is 5.91 Å². The number of aliphatic hydroxyl groups is 1. The number of hydrogen-bond acceptors (Lipinski definition) is 6. The molecule has 31 heavy (non-hydrogen) atoms. The topological polar surface area (TPSA) is 116 Å². The second kappa shape index (κ2) is 10.0. The van der Waals surface area contributed by atoms with Crippen molar-refractivity contribution < 1.29 is 23.1 Å². The quantitative estimate of drug-likeness (QED) is 0.577. The number of sulfone groups is 1. The molecule has 2 aromatic rings. The lowest BCUT2D eigenvalue weighted by Gasteiger charge is -2.31. The van der Waals surface area contributed by atoms with Crippen LogP contribution in [0.15, 0.2) is 53.4 Å². The molecule has 1 saturated heterocycles. The first kappa shape index (κ1) is 22.9. The van der Waals surface area contributed by atoms with Gasteiger partial charge < -0.3 is 20.6 Å². The van der Waals surface area contributed by atoms with Crippen LogP contribution in [0.25, 0.3) is 11.1 Å². The minimum absolute atomic E-state index is 0.152. The van der Waals surface area contributed by atoms with Crippen LogP contribution in [-0.2, 0) is 14.6 Å². The highest BCUT2D eigenvalue weighted by Crippen LogP contribution is 2.22. The Morgan fingerprint density at radius 1 is 1.03 bits per heavy atom. The van der Waals surface area contributed by atoms with Crippen molar-refractivity contribution in [2.45, 2.75) is 17.4 Å². The van der Waals surface area contributed by atoms with Gasteiger partial charge in [-0.3, -0.25) is 9.59 Å². The van der Waals surface area contributed by atoms with Gasteiger partial charge in [0.1, 0.15) is 6.04 Å². The Morgan fingerprint density at radius 2 is 1.58 bits per heavy atom. The van der Waals surface area contributed by atoms with Crippen LogP contribution in [0.5, 0.6) is 0 Å². The summed E-state index contributed by atoms with van der Waals surface area (Å²) in [6.45, 7) is 2.36. The van der Waals surface area contributed by atoms with Crippen LogP contribution in [0.1, 0.15) is 16.8 Å². The maximum absolute atomic E-state index is 12.7. The Morgan fingerprint density at radius 3 is 2.10 bits per heavy atom.